The van der Waals surface area contributed by atoms with Crippen LogP contribution in [0, 0.1) is 6.92 Å². The van der Waals surface area contributed by atoms with Gasteiger partial charge < -0.3 is 10.1 Å². The number of imidazole rings is 1. The molecule has 1 aromatic heterocycles. The first-order valence-electron chi connectivity index (χ1n) is 12.5. The van der Waals surface area contributed by atoms with Gasteiger partial charge in [0, 0.05) is 7.05 Å². The normalized spacial score (nSPS) is 14.4. The third kappa shape index (κ3) is 3.31. The van der Waals surface area contributed by atoms with Crippen LogP contribution >= 0.6 is 0 Å². The fourth-order valence-electron chi connectivity index (χ4n) is 5.29. The van der Waals surface area contributed by atoms with Crippen LogP contribution < -0.4 is 4.90 Å². The molecular formula is C31H20N4O5. The van der Waals surface area contributed by atoms with Gasteiger partial charge in [-0.25, -0.2) is 9.88 Å². The lowest BCUT2D eigenvalue weighted by Crippen LogP contribution is -2.29. The fourth-order valence-corrected chi connectivity index (χ4v) is 5.29. The minimum atomic E-state index is -0.508. The van der Waals surface area contributed by atoms with E-state index in [0.29, 0.717) is 39.3 Å². The molecule has 2 aliphatic rings. The van der Waals surface area contributed by atoms with Crippen molar-refractivity contribution in [2.45, 2.75) is 6.92 Å². The quantitative estimate of drug-likeness (QED) is 0.320. The SMILES string of the molecule is Cc1ccc2[nH]c(-c3cc(N4C(=O)c5ccc(-c6ccc7c(c6)C(=O)N(C)C7=O)cc5C4=O)ccc3O)nc2c1. The van der Waals surface area contributed by atoms with Crippen LogP contribution in [0.1, 0.15) is 47.0 Å². The Morgan fingerprint density at radius 3 is 2.02 bits per heavy atom. The van der Waals surface area contributed by atoms with Crippen molar-refractivity contribution in [2.75, 3.05) is 11.9 Å². The van der Waals surface area contributed by atoms with Crippen LogP contribution in [0.5, 0.6) is 5.75 Å². The summed E-state index contributed by atoms with van der Waals surface area (Å²) in [6, 6.07) is 20.1. The number of carbonyl (C=O) groups excluding carboxylic acids is 4. The first-order valence-corrected chi connectivity index (χ1v) is 12.5. The van der Waals surface area contributed by atoms with Gasteiger partial charge >= 0.3 is 0 Å². The number of imide groups is 2. The Morgan fingerprint density at radius 2 is 1.30 bits per heavy atom. The van der Waals surface area contributed by atoms with Crippen molar-refractivity contribution in [2.24, 2.45) is 0 Å². The number of aromatic hydroxyl groups is 1. The maximum atomic E-state index is 13.5. The van der Waals surface area contributed by atoms with E-state index in [0.717, 1.165) is 26.4 Å². The second-order valence-electron chi connectivity index (χ2n) is 9.94. The van der Waals surface area contributed by atoms with E-state index in [4.69, 9.17) is 0 Å². The predicted molar refractivity (Wildman–Crippen MR) is 147 cm³/mol. The molecule has 9 nitrogen and oxygen atoms in total. The van der Waals surface area contributed by atoms with Crippen molar-refractivity contribution in [3.05, 3.63) is 101 Å². The molecule has 0 atom stereocenters. The number of phenolic OH excluding ortho intramolecular Hbond substituents is 1. The van der Waals surface area contributed by atoms with Crippen molar-refractivity contribution < 1.29 is 24.3 Å². The van der Waals surface area contributed by atoms with Crippen LogP contribution in [-0.2, 0) is 0 Å². The Morgan fingerprint density at radius 1 is 0.675 bits per heavy atom. The molecule has 0 spiro atoms. The summed E-state index contributed by atoms with van der Waals surface area (Å²) in [5, 5.41) is 10.6. The molecule has 0 saturated heterocycles. The van der Waals surface area contributed by atoms with Crippen LogP contribution in [0.25, 0.3) is 33.5 Å². The second-order valence-corrected chi connectivity index (χ2v) is 9.94. The summed E-state index contributed by atoms with van der Waals surface area (Å²) >= 11 is 0. The van der Waals surface area contributed by atoms with Gasteiger partial charge in [-0.3, -0.25) is 24.1 Å². The number of fused-ring (bicyclic) bond motifs is 3. The highest BCUT2D eigenvalue weighted by atomic mass is 16.3. The van der Waals surface area contributed by atoms with Crippen molar-refractivity contribution in [3.8, 4) is 28.3 Å². The fraction of sp³-hybridized carbons (Fsp3) is 0.0645. The zero-order valence-corrected chi connectivity index (χ0v) is 21.4. The Balaban J connectivity index is 1.25. The van der Waals surface area contributed by atoms with Crippen LogP contribution in [-0.4, -0.2) is 50.7 Å². The van der Waals surface area contributed by atoms with Gasteiger partial charge in [-0.15, -0.1) is 0 Å². The average Bonchev–Trinajstić information content (AvgIpc) is 3.55. The lowest BCUT2D eigenvalue weighted by Gasteiger charge is -2.15. The summed E-state index contributed by atoms with van der Waals surface area (Å²) in [7, 11) is 1.43. The van der Waals surface area contributed by atoms with Gasteiger partial charge in [0.2, 0.25) is 0 Å². The Kier molecular flexibility index (Phi) is 4.83. The molecule has 0 saturated carbocycles. The number of benzene rings is 4. The van der Waals surface area contributed by atoms with Crippen molar-refractivity contribution in [1.82, 2.24) is 14.9 Å². The predicted octanol–water partition coefficient (Wildman–Crippen LogP) is 4.94. The highest BCUT2D eigenvalue weighted by Crippen LogP contribution is 2.37. The van der Waals surface area contributed by atoms with Crippen LogP contribution in [0.3, 0.4) is 0 Å². The number of hydrogen-bond donors (Lipinski definition) is 2. The monoisotopic (exact) mass is 528 g/mol. The minimum Gasteiger partial charge on any atom is -0.507 e. The first-order chi connectivity index (χ1) is 19.2. The van der Waals surface area contributed by atoms with Gasteiger partial charge in [0.15, 0.2) is 0 Å². The molecule has 7 rings (SSSR count). The zero-order valence-electron chi connectivity index (χ0n) is 21.4. The van der Waals surface area contributed by atoms with Gasteiger partial charge in [-0.05, 0) is 78.2 Å². The minimum absolute atomic E-state index is 0.0475. The maximum absolute atomic E-state index is 13.5. The maximum Gasteiger partial charge on any atom is 0.266 e. The van der Waals surface area contributed by atoms with E-state index in [9.17, 15) is 24.3 Å². The molecule has 40 heavy (non-hydrogen) atoms. The molecule has 0 radical (unpaired) electrons. The summed E-state index contributed by atoms with van der Waals surface area (Å²) in [4.78, 5) is 61.5. The number of aryl methyl sites for hydroxylation is 1. The lowest BCUT2D eigenvalue weighted by molar-refractivity contribution is 0.0692. The standard InChI is InChI=1S/C31H20N4O5/c1-15-3-9-24-25(11-15)33-27(32-24)23-14-18(6-10-26(23)36)35-30(39)20-8-5-17(13-22(20)31(35)40)16-4-7-19-21(12-16)29(38)34(2)28(19)37/h3-14,36H,1-2H3,(H,32,33). The summed E-state index contributed by atoms with van der Waals surface area (Å²) in [6.07, 6.45) is 0. The molecule has 194 valence electrons. The third-order valence-corrected chi connectivity index (χ3v) is 7.44. The molecule has 0 bridgehead atoms. The van der Waals surface area contributed by atoms with Crippen LogP contribution in [0.4, 0.5) is 5.69 Å². The largest absolute Gasteiger partial charge is 0.507 e. The van der Waals surface area contributed by atoms with E-state index < -0.39 is 11.8 Å². The van der Waals surface area contributed by atoms with Crippen LogP contribution in [0.2, 0.25) is 0 Å². The summed E-state index contributed by atoms with van der Waals surface area (Å²) < 4.78 is 0. The number of phenols is 1. The number of aromatic amines is 1. The molecular weight excluding hydrogens is 508 g/mol. The molecule has 4 amide bonds. The number of aromatic nitrogens is 2. The van der Waals surface area contributed by atoms with E-state index in [1.54, 1.807) is 42.5 Å². The first kappa shape index (κ1) is 23.5. The number of anilines is 1. The molecule has 0 aliphatic carbocycles. The van der Waals surface area contributed by atoms with Crippen LogP contribution in [0.15, 0.2) is 72.8 Å². The van der Waals surface area contributed by atoms with Crippen molar-refractivity contribution >= 4 is 40.3 Å². The summed E-state index contributed by atoms with van der Waals surface area (Å²) in [5.41, 5.74) is 5.58. The Bertz CT molecular complexity index is 1990. The number of rotatable bonds is 3. The van der Waals surface area contributed by atoms with Crippen molar-refractivity contribution in [3.63, 3.8) is 0 Å². The molecule has 0 fully saturated rings. The lowest BCUT2D eigenvalue weighted by atomic mass is 9.97. The number of hydrogen-bond acceptors (Lipinski definition) is 6. The molecule has 3 heterocycles. The molecule has 4 aromatic carbocycles. The average molecular weight is 529 g/mol. The van der Waals surface area contributed by atoms with Gasteiger partial charge in [0.05, 0.1) is 44.5 Å². The van der Waals surface area contributed by atoms with Gasteiger partial charge in [0.25, 0.3) is 23.6 Å². The number of H-pyrrole nitrogens is 1. The van der Waals surface area contributed by atoms with E-state index in [1.165, 1.54) is 19.2 Å². The smallest absolute Gasteiger partial charge is 0.266 e. The van der Waals surface area contributed by atoms with E-state index in [-0.39, 0.29) is 28.7 Å². The van der Waals surface area contributed by atoms with Crippen molar-refractivity contribution in [1.29, 1.82) is 0 Å². The molecule has 9 heteroatoms. The number of nitrogens with zero attached hydrogens (tertiary/aromatic N) is 3. The number of carbonyl (C=O) groups is 4. The second kappa shape index (κ2) is 8.21. The summed E-state index contributed by atoms with van der Waals surface area (Å²) in [5.74, 6) is -1.38. The Hall–Kier alpha value is -5.57. The molecule has 2 aliphatic heterocycles. The summed E-state index contributed by atoms with van der Waals surface area (Å²) in [6.45, 7) is 1.96. The highest BCUT2D eigenvalue weighted by molar-refractivity contribution is 6.34. The van der Waals surface area contributed by atoms with E-state index >= 15 is 0 Å². The van der Waals surface area contributed by atoms with Gasteiger partial charge in [-0.2, -0.15) is 0 Å². The van der Waals surface area contributed by atoms with E-state index in [2.05, 4.69) is 9.97 Å². The van der Waals surface area contributed by atoms with Gasteiger partial charge in [-0.1, -0.05) is 18.2 Å². The van der Waals surface area contributed by atoms with E-state index in [1.807, 2.05) is 25.1 Å². The molecule has 0 unspecified atom stereocenters. The molecule has 5 aromatic rings. The number of amides is 4. The molecule has 2 N–H and O–H groups in total. The Labute approximate surface area is 227 Å². The topological polar surface area (TPSA) is 124 Å². The number of nitrogens with one attached hydrogen (secondary N) is 1. The highest BCUT2D eigenvalue weighted by Gasteiger charge is 2.38. The van der Waals surface area contributed by atoms with Gasteiger partial charge in [0.1, 0.15) is 11.6 Å². The third-order valence-electron chi connectivity index (χ3n) is 7.44. The zero-order chi connectivity index (χ0) is 27.9.